The number of rotatable bonds is 8. The SMILES string of the molecule is CN(C)CCCN1CCN(CCCCN)CC1. The van der Waals surface area contributed by atoms with Crippen molar-refractivity contribution in [1.82, 2.24) is 14.7 Å². The van der Waals surface area contributed by atoms with Crippen molar-refractivity contribution in [3.8, 4) is 0 Å². The molecule has 0 bridgehead atoms. The van der Waals surface area contributed by atoms with E-state index in [9.17, 15) is 0 Å². The molecule has 0 aromatic rings. The van der Waals surface area contributed by atoms with Crippen LogP contribution in [0.3, 0.4) is 0 Å². The summed E-state index contributed by atoms with van der Waals surface area (Å²) in [7, 11) is 4.30. The molecule has 1 fully saturated rings. The van der Waals surface area contributed by atoms with Gasteiger partial charge >= 0.3 is 0 Å². The molecule has 0 radical (unpaired) electrons. The van der Waals surface area contributed by atoms with E-state index in [2.05, 4.69) is 28.8 Å². The molecule has 1 aliphatic heterocycles. The Hall–Kier alpha value is -0.160. The van der Waals surface area contributed by atoms with E-state index in [4.69, 9.17) is 5.73 Å². The van der Waals surface area contributed by atoms with Gasteiger partial charge in [0.1, 0.15) is 0 Å². The summed E-state index contributed by atoms with van der Waals surface area (Å²) in [6.45, 7) is 9.52. The predicted octanol–water partition coefficient (Wildman–Crippen LogP) is 0.295. The molecule has 0 aliphatic carbocycles. The molecule has 0 spiro atoms. The maximum Gasteiger partial charge on any atom is 0.0110 e. The van der Waals surface area contributed by atoms with Crippen molar-refractivity contribution in [3.63, 3.8) is 0 Å². The predicted molar refractivity (Wildman–Crippen MR) is 74.3 cm³/mol. The molecule has 1 rings (SSSR count). The Morgan fingerprint density at radius 1 is 0.882 bits per heavy atom. The van der Waals surface area contributed by atoms with Gasteiger partial charge in [-0.3, -0.25) is 0 Å². The number of hydrogen-bond donors (Lipinski definition) is 1. The van der Waals surface area contributed by atoms with Gasteiger partial charge in [-0.1, -0.05) is 0 Å². The third-order valence-corrected chi connectivity index (χ3v) is 3.47. The van der Waals surface area contributed by atoms with E-state index in [-0.39, 0.29) is 0 Å². The average Bonchev–Trinajstić information content (AvgIpc) is 2.31. The van der Waals surface area contributed by atoms with Gasteiger partial charge in [-0.05, 0) is 59.5 Å². The molecule has 4 heteroatoms. The molecule has 102 valence electrons. The van der Waals surface area contributed by atoms with E-state index in [1.165, 1.54) is 65.1 Å². The van der Waals surface area contributed by atoms with Crippen LogP contribution in [0.25, 0.3) is 0 Å². The minimum absolute atomic E-state index is 0.838. The molecule has 17 heavy (non-hydrogen) atoms. The fraction of sp³-hybridized carbons (Fsp3) is 1.00. The Kier molecular flexibility index (Phi) is 7.77. The number of nitrogens with zero attached hydrogens (tertiary/aromatic N) is 3. The van der Waals surface area contributed by atoms with Crippen LogP contribution in [-0.4, -0.2) is 81.2 Å². The van der Waals surface area contributed by atoms with Crippen LogP contribution < -0.4 is 5.73 Å². The van der Waals surface area contributed by atoms with E-state index >= 15 is 0 Å². The molecule has 0 aromatic heterocycles. The third kappa shape index (κ3) is 6.99. The molecule has 0 atom stereocenters. The van der Waals surface area contributed by atoms with Gasteiger partial charge in [0.25, 0.3) is 0 Å². The summed E-state index contributed by atoms with van der Waals surface area (Å²) >= 11 is 0. The Balaban J connectivity index is 2.01. The van der Waals surface area contributed by atoms with Gasteiger partial charge in [0, 0.05) is 26.2 Å². The van der Waals surface area contributed by atoms with Crippen LogP contribution in [0.1, 0.15) is 19.3 Å². The summed E-state index contributed by atoms with van der Waals surface area (Å²) in [6.07, 6.45) is 3.72. The number of unbranched alkanes of at least 4 members (excludes halogenated alkanes) is 1. The molecule has 2 N–H and O–H groups in total. The Morgan fingerprint density at radius 2 is 1.41 bits per heavy atom. The Labute approximate surface area is 107 Å². The highest BCUT2D eigenvalue weighted by Crippen LogP contribution is 2.04. The first-order chi connectivity index (χ1) is 8.22. The maximum atomic E-state index is 5.51. The first kappa shape index (κ1) is 14.9. The van der Waals surface area contributed by atoms with Gasteiger partial charge in [0.05, 0.1) is 0 Å². The first-order valence-corrected chi connectivity index (χ1v) is 7.02. The van der Waals surface area contributed by atoms with Crippen molar-refractivity contribution in [3.05, 3.63) is 0 Å². The molecule has 0 unspecified atom stereocenters. The van der Waals surface area contributed by atoms with Crippen molar-refractivity contribution in [1.29, 1.82) is 0 Å². The number of nitrogens with two attached hydrogens (primary N) is 1. The van der Waals surface area contributed by atoms with Crippen molar-refractivity contribution < 1.29 is 0 Å². The molecule has 1 saturated heterocycles. The monoisotopic (exact) mass is 242 g/mol. The van der Waals surface area contributed by atoms with Crippen LogP contribution in [0.2, 0.25) is 0 Å². The lowest BCUT2D eigenvalue weighted by molar-refractivity contribution is 0.128. The molecular weight excluding hydrogens is 212 g/mol. The summed E-state index contributed by atoms with van der Waals surface area (Å²) in [5.74, 6) is 0. The summed E-state index contributed by atoms with van der Waals surface area (Å²) in [5, 5.41) is 0. The van der Waals surface area contributed by atoms with Crippen LogP contribution in [0.4, 0.5) is 0 Å². The van der Waals surface area contributed by atoms with Gasteiger partial charge < -0.3 is 20.4 Å². The summed E-state index contributed by atoms with van der Waals surface area (Å²) in [5.41, 5.74) is 5.51. The normalized spacial score (nSPS) is 19.1. The Bertz CT molecular complexity index is 176. The highest BCUT2D eigenvalue weighted by atomic mass is 15.3. The van der Waals surface area contributed by atoms with E-state index < -0.39 is 0 Å². The van der Waals surface area contributed by atoms with Crippen molar-refractivity contribution in [2.24, 2.45) is 5.73 Å². The second-order valence-corrected chi connectivity index (χ2v) is 5.34. The van der Waals surface area contributed by atoms with Gasteiger partial charge in [-0.15, -0.1) is 0 Å². The second kappa shape index (κ2) is 8.86. The summed E-state index contributed by atoms with van der Waals surface area (Å²) < 4.78 is 0. The molecule has 0 saturated carbocycles. The lowest BCUT2D eigenvalue weighted by Gasteiger charge is -2.34. The zero-order valence-corrected chi connectivity index (χ0v) is 11.7. The third-order valence-electron chi connectivity index (χ3n) is 3.47. The van der Waals surface area contributed by atoms with Crippen LogP contribution >= 0.6 is 0 Å². The van der Waals surface area contributed by atoms with Crippen LogP contribution in [0.15, 0.2) is 0 Å². The number of piperazine rings is 1. The highest BCUT2D eigenvalue weighted by Gasteiger charge is 2.15. The maximum absolute atomic E-state index is 5.51. The average molecular weight is 242 g/mol. The fourth-order valence-electron chi connectivity index (χ4n) is 2.33. The molecule has 0 aromatic carbocycles. The quantitative estimate of drug-likeness (QED) is 0.621. The molecule has 1 aliphatic rings. The lowest BCUT2D eigenvalue weighted by atomic mass is 10.2. The zero-order valence-electron chi connectivity index (χ0n) is 11.7. The molecule has 0 amide bonds. The highest BCUT2D eigenvalue weighted by molar-refractivity contribution is 4.72. The van der Waals surface area contributed by atoms with E-state index in [0.29, 0.717) is 0 Å². The van der Waals surface area contributed by atoms with E-state index in [1.807, 2.05) is 0 Å². The minimum atomic E-state index is 0.838. The zero-order chi connectivity index (χ0) is 12.5. The van der Waals surface area contributed by atoms with E-state index in [1.54, 1.807) is 0 Å². The van der Waals surface area contributed by atoms with Crippen LogP contribution in [0.5, 0.6) is 0 Å². The first-order valence-electron chi connectivity index (χ1n) is 7.02. The summed E-state index contributed by atoms with van der Waals surface area (Å²) in [4.78, 5) is 7.45. The van der Waals surface area contributed by atoms with Crippen LogP contribution in [-0.2, 0) is 0 Å². The smallest absolute Gasteiger partial charge is 0.0110 e. The standard InChI is InChI=1S/C13H30N4/c1-15(2)7-5-9-17-12-10-16(11-13-17)8-4-3-6-14/h3-14H2,1-2H3. The van der Waals surface area contributed by atoms with Gasteiger partial charge in [0.2, 0.25) is 0 Å². The van der Waals surface area contributed by atoms with Gasteiger partial charge in [-0.2, -0.15) is 0 Å². The summed E-state index contributed by atoms with van der Waals surface area (Å²) in [6, 6.07) is 0. The second-order valence-electron chi connectivity index (χ2n) is 5.34. The largest absolute Gasteiger partial charge is 0.330 e. The minimum Gasteiger partial charge on any atom is -0.330 e. The lowest BCUT2D eigenvalue weighted by Crippen LogP contribution is -2.47. The fourth-order valence-corrected chi connectivity index (χ4v) is 2.33. The van der Waals surface area contributed by atoms with E-state index in [0.717, 1.165) is 6.54 Å². The van der Waals surface area contributed by atoms with Gasteiger partial charge in [0.15, 0.2) is 0 Å². The topological polar surface area (TPSA) is 35.7 Å². The molecule has 1 heterocycles. The van der Waals surface area contributed by atoms with Gasteiger partial charge in [-0.25, -0.2) is 0 Å². The van der Waals surface area contributed by atoms with Crippen molar-refractivity contribution >= 4 is 0 Å². The molecular formula is C13H30N4. The van der Waals surface area contributed by atoms with Crippen molar-refractivity contribution in [2.75, 3.05) is 66.5 Å². The Morgan fingerprint density at radius 3 is 1.88 bits per heavy atom. The van der Waals surface area contributed by atoms with Crippen molar-refractivity contribution in [2.45, 2.75) is 19.3 Å². The molecule has 4 nitrogen and oxygen atoms in total. The number of hydrogen-bond acceptors (Lipinski definition) is 4. The van der Waals surface area contributed by atoms with Crippen LogP contribution in [0, 0.1) is 0 Å².